The molecule has 3 rings (SSSR count). The number of imidazole rings is 1. The minimum Gasteiger partial charge on any atom is -0.390 e. The second-order valence-corrected chi connectivity index (χ2v) is 7.64. The Morgan fingerprint density at radius 1 is 1.33 bits per heavy atom. The van der Waals surface area contributed by atoms with E-state index in [0.717, 1.165) is 32.4 Å². The van der Waals surface area contributed by atoms with E-state index in [1.165, 1.54) is 12.5 Å². The molecule has 1 aliphatic heterocycles. The predicted octanol–water partition coefficient (Wildman–Crippen LogP) is -0.314. The molecule has 0 amide bonds. The summed E-state index contributed by atoms with van der Waals surface area (Å²) in [5.74, 6) is 0. The first-order valence-corrected chi connectivity index (χ1v) is 8.88. The maximum atomic E-state index is 12.3. The van der Waals surface area contributed by atoms with Crippen molar-refractivity contribution in [3.63, 3.8) is 0 Å². The Bertz CT molecular complexity index is 594. The fourth-order valence-corrected chi connectivity index (χ4v) is 4.62. The molecular formula is C13H22N4O3S. The van der Waals surface area contributed by atoms with Crippen LogP contribution in [0.1, 0.15) is 25.7 Å². The number of likely N-dealkylation sites (tertiary alicyclic amines) is 1. The summed E-state index contributed by atoms with van der Waals surface area (Å²) in [5, 5.41) is 10.4. The van der Waals surface area contributed by atoms with Crippen LogP contribution in [-0.2, 0) is 17.1 Å². The molecule has 118 valence electrons. The van der Waals surface area contributed by atoms with Gasteiger partial charge in [-0.3, -0.25) is 4.90 Å². The third-order valence-electron chi connectivity index (χ3n) is 4.45. The molecule has 0 radical (unpaired) electrons. The molecule has 8 heteroatoms. The SMILES string of the molecule is Cn1cnc(S(=O)(=O)N[C@@H]2CC[C@@H](N3CCCC3)[C@@H]2O)c1. The van der Waals surface area contributed by atoms with E-state index >= 15 is 0 Å². The molecule has 2 aliphatic rings. The van der Waals surface area contributed by atoms with Crippen molar-refractivity contribution in [1.29, 1.82) is 0 Å². The van der Waals surface area contributed by atoms with Crippen molar-refractivity contribution in [2.75, 3.05) is 13.1 Å². The number of aryl methyl sites for hydroxylation is 1. The minimum absolute atomic E-state index is 0.00169. The molecular weight excluding hydrogens is 292 g/mol. The van der Waals surface area contributed by atoms with Gasteiger partial charge in [0.25, 0.3) is 10.0 Å². The molecule has 0 aromatic carbocycles. The Kier molecular flexibility index (Phi) is 4.04. The van der Waals surface area contributed by atoms with Crippen molar-refractivity contribution in [1.82, 2.24) is 19.2 Å². The second kappa shape index (κ2) is 5.68. The molecule has 21 heavy (non-hydrogen) atoms. The highest BCUT2D eigenvalue weighted by Crippen LogP contribution is 2.28. The quantitative estimate of drug-likeness (QED) is 0.796. The van der Waals surface area contributed by atoms with E-state index in [4.69, 9.17) is 0 Å². The zero-order chi connectivity index (χ0) is 15.0. The first-order chi connectivity index (χ1) is 9.97. The highest BCUT2D eigenvalue weighted by Gasteiger charge is 2.41. The number of aromatic nitrogens is 2. The van der Waals surface area contributed by atoms with E-state index in [-0.39, 0.29) is 11.1 Å². The Morgan fingerprint density at radius 2 is 2.05 bits per heavy atom. The fourth-order valence-electron chi connectivity index (χ4n) is 3.35. The van der Waals surface area contributed by atoms with Crippen molar-refractivity contribution in [3.05, 3.63) is 12.5 Å². The van der Waals surface area contributed by atoms with Crippen LogP contribution >= 0.6 is 0 Å². The number of hydrogen-bond acceptors (Lipinski definition) is 5. The Labute approximate surface area is 125 Å². The monoisotopic (exact) mass is 314 g/mol. The van der Waals surface area contributed by atoms with E-state index in [2.05, 4.69) is 14.6 Å². The molecule has 1 aromatic heterocycles. The van der Waals surface area contributed by atoms with Crippen LogP contribution in [0.15, 0.2) is 17.6 Å². The van der Waals surface area contributed by atoms with Gasteiger partial charge < -0.3 is 9.67 Å². The van der Waals surface area contributed by atoms with Gasteiger partial charge in [0, 0.05) is 25.3 Å². The van der Waals surface area contributed by atoms with Crippen molar-refractivity contribution >= 4 is 10.0 Å². The molecule has 1 saturated heterocycles. The van der Waals surface area contributed by atoms with Gasteiger partial charge in [-0.15, -0.1) is 0 Å². The third kappa shape index (κ3) is 2.98. The molecule has 2 fully saturated rings. The van der Waals surface area contributed by atoms with Crippen LogP contribution in [0.5, 0.6) is 0 Å². The molecule has 1 aliphatic carbocycles. The number of aliphatic hydroxyl groups is 1. The average Bonchev–Trinajstić information content (AvgIpc) is 3.12. The zero-order valence-electron chi connectivity index (χ0n) is 12.1. The lowest BCUT2D eigenvalue weighted by Gasteiger charge is -2.28. The van der Waals surface area contributed by atoms with Crippen molar-refractivity contribution in [2.45, 2.75) is 48.9 Å². The van der Waals surface area contributed by atoms with E-state index in [1.807, 2.05) is 0 Å². The predicted molar refractivity (Wildman–Crippen MR) is 77.2 cm³/mol. The van der Waals surface area contributed by atoms with Gasteiger partial charge in [-0.25, -0.2) is 18.1 Å². The summed E-state index contributed by atoms with van der Waals surface area (Å²) < 4.78 is 28.7. The van der Waals surface area contributed by atoms with Gasteiger partial charge in [-0.2, -0.15) is 0 Å². The van der Waals surface area contributed by atoms with Crippen LogP contribution in [-0.4, -0.2) is 59.3 Å². The van der Waals surface area contributed by atoms with Gasteiger partial charge in [0.05, 0.1) is 12.4 Å². The average molecular weight is 314 g/mol. The Balaban J connectivity index is 1.68. The molecule has 0 spiro atoms. The van der Waals surface area contributed by atoms with E-state index in [1.54, 1.807) is 11.6 Å². The lowest BCUT2D eigenvalue weighted by Crippen LogP contribution is -2.47. The van der Waals surface area contributed by atoms with Crippen LogP contribution < -0.4 is 4.72 Å². The van der Waals surface area contributed by atoms with E-state index in [0.29, 0.717) is 6.42 Å². The molecule has 1 aromatic rings. The largest absolute Gasteiger partial charge is 0.390 e. The third-order valence-corrected chi connectivity index (χ3v) is 5.83. The summed E-state index contributed by atoms with van der Waals surface area (Å²) in [6, 6.07) is -0.355. The molecule has 7 nitrogen and oxygen atoms in total. The minimum atomic E-state index is -3.66. The normalized spacial score (nSPS) is 31.0. The lowest BCUT2D eigenvalue weighted by molar-refractivity contribution is 0.0725. The summed E-state index contributed by atoms with van der Waals surface area (Å²) >= 11 is 0. The molecule has 1 saturated carbocycles. The smallest absolute Gasteiger partial charge is 0.259 e. The molecule has 2 N–H and O–H groups in total. The second-order valence-electron chi connectivity index (χ2n) is 5.98. The highest BCUT2D eigenvalue weighted by molar-refractivity contribution is 7.89. The number of hydrogen-bond donors (Lipinski definition) is 2. The van der Waals surface area contributed by atoms with E-state index in [9.17, 15) is 13.5 Å². The summed E-state index contributed by atoms with van der Waals surface area (Å²) in [6.45, 7) is 2.00. The maximum absolute atomic E-state index is 12.3. The summed E-state index contributed by atoms with van der Waals surface area (Å²) in [6.07, 6.45) is 6.07. The van der Waals surface area contributed by atoms with Crippen LogP contribution in [0.3, 0.4) is 0 Å². The Hall–Kier alpha value is -0.960. The number of aliphatic hydroxyl groups excluding tert-OH is 1. The molecule has 0 unspecified atom stereocenters. The van der Waals surface area contributed by atoms with Crippen LogP contribution in [0, 0.1) is 0 Å². The number of nitrogens with one attached hydrogen (secondary N) is 1. The molecule has 3 atom stereocenters. The number of rotatable bonds is 4. The van der Waals surface area contributed by atoms with Gasteiger partial charge in [-0.1, -0.05) is 0 Å². The summed E-state index contributed by atoms with van der Waals surface area (Å²) in [7, 11) is -1.94. The highest BCUT2D eigenvalue weighted by atomic mass is 32.2. The van der Waals surface area contributed by atoms with Crippen LogP contribution in [0.4, 0.5) is 0 Å². The Morgan fingerprint density at radius 3 is 2.67 bits per heavy atom. The van der Waals surface area contributed by atoms with Gasteiger partial charge in [0.2, 0.25) is 0 Å². The van der Waals surface area contributed by atoms with Gasteiger partial charge in [0.15, 0.2) is 5.03 Å². The standard InChI is InChI=1S/C13H22N4O3S/c1-16-8-12(14-9-16)21(19,20)15-10-4-5-11(13(10)18)17-6-2-3-7-17/h8-11,13,15,18H,2-7H2,1H3/t10-,11-,13-/m1/s1. The van der Waals surface area contributed by atoms with Crippen molar-refractivity contribution in [2.24, 2.45) is 7.05 Å². The lowest BCUT2D eigenvalue weighted by atomic mass is 10.1. The van der Waals surface area contributed by atoms with Gasteiger partial charge in [0.1, 0.15) is 0 Å². The maximum Gasteiger partial charge on any atom is 0.259 e. The van der Waals surface area contributed by atoms with Crippen molar-refractivity contribution in [3.8, 4) is 0 Å². The number of sulfonamides is 1. The number of nitrogens with zero attached hydrogens (tertiary/aromatic N) is 3. The summed E-state index contributed by atoms with van der Waals surface area (Å²) in [4.78, 5) is 6.15. The first-order valence-electron chi connectivity index (χ1n) is 7.40. The van der Waals surface area contributed by atoms with Crippen molar-refractivity contribution < 1.29 is 13.5 Å². The van der Waals surface area contributed by atoms with Gasteiger partial charge >= 0.3 is 0 Å². The fraction of sp³-hybridized carbons (Fsp3) is 0.769. The topological polar surface area (TPSA) is 87.5 Å². The van der Waals surface area contributed by atoms with E-state index < -0.39 is 22.2 Å². The van der Waals surface area contributed by atoms with Crippen LogP contribution in [0.25, 0.3) is 0 Å². The van der Waals surface area contributed by atoms with Crippen LogP contribution in [0.2, 0.25) is 0 Å². The molecule has 2 heterocycles. The molecule has 0 bridgehead atoms. The first kappa shape index (κ1) is 15.0. The zero-order valence-corrected chi connectivity index (χ0v) is 13.0. The summed E-state index contributed by atoms with van der Waals surface area (Å²) in [5.41, 5.74) is 0. The van der Waals surface area contributed by atoms with Gasteiger partial charge in [-0.05, 0) is 38.8 Å².